The van der Waals surface area contributed by atoms with Crippen molar-refractivity contribution < 1.29 is 17.6 Å². The summed E-state index contributed by atoms with van der Waals surface area (Å²) in [4.78, 5) is 0. The molecule has 0 aromatic rings. The number of hydrogen-bond acceptors (Lipinski definition) is 2. The first-order valence-corrected chi connectivity index (χ1v) is 9.60. The highest BCUT2D eigenvalue weighted by Gasteiger charge is 2.39. The lowest BCUT2D eigenvalue weighted by molar-refractivity contribution is -0.0710. The monoisotopic (exact) mass is 283 g/mol. The second kappa shape index (κ2) is 7.91. The molecule has 0 aliphatic rings. The van der Waals surface area contributed by atoms with Crippen LogP contribution in [0.1, 0.15) is 27.7 Å². The third-order valence-corrected chi connectivity index (χ3v) is 6.56. The van der Waals surface area contributed by atoms with E-state index < -0.39 is 30.1 Å². The molecule has 0 saturated heterocycles. The number of alkyl halides is 3. The van der Waals surface area contributed by atoms with Gasteiger partial charge in [0.25, 0.3) is 14.9 Å². The van der Waals surface area contributed by atoms with Crippen molar-refractivity contribution in [2.45, 2.75) is 58.0 Å². The molecule has 0 rings (SSSR count). The van der Waals surface area contributed by atoms with Gasteiger partial charge in [-0.05, 0) is 24.2 Å². The smallest absolute Gasteiger partial charge is 0.465 e. The van der Waals surface area contributed by atoms with Gasteiger partial charge in [-0.25, -0.2) is 0 Å². The van der Waals surface area contributed by atoms with Crippen LogP contribution in [0.4, 0.5) is 13.2 Å². The van der Waals surface area contributed by atoms with Crippen LogP contribution in [0.5, 0.6) is 0 Å². The number of rotatable bonds is 6. The van der Waals surface area contributed by atoms with Gasteiger partial charge in [-0.2, -0.15) is 13.2 Å². The van der Waals surface area contributed by atoms with E-state index in [1.807, 2.05) is 27.7 Å². The predicted molar refractivity (Wildman–Crippen MR) is 68.0 cm³/mol. The molecule has 0 N–H and O–H groups in total. The van der Waals surface area contributed by atoms with Crippen molar-refractivity contribution in [3.8, 4) is 0 Å². The zero-order valence-electron chi connectivity index (χ0n) is 10.8. The van der Waals surface area contributed by atoms with Gasteiger partial charge in [0, 0.05) is 0 Å². The van der Waals surface area contributed by atoms with Crippen molar-refractivity contribution in [2.24, 2.45) is 4.66 Å². The summed E-state index contributed by atoms with van der Waals surface area (Å²) in [5.74, 6) is -0.979. The summed E-state index contributed by atoms with van der Waals surface area (Å²) >= 11 is 0. The molecule has 0 unspecified atom stereocenters. The van der Waals surface area contributed by atoms with Gasteiger partial charge in [0.2, 0.25) is 8.96 Å². The van der Waals surface area contributed by atoms with E-state index in [1.54, 1.807) is 0 Å². The van der Waals surface area contributed by atoms with Crippen LogP contribution < -0.4 is 0 Å². The highest BCUT2D eigenvalue weighted by Crippen LogP contribution is 2.21. The standard InChI is InChI=1S/C10H20F3NOSi2/c1-5-16(6-2)14-9(10(11,12)13)15-17(7-3)8-4/h5-8H2,1-4H3. The van der Waals surface area contributed by atoms with Crippen molar-refractivity contribution >= 4 is 23.9 Å². The molecule has 100 valence electrons. The molecular weight excluding hydrogens is 263 g/mol. The maximum atomic E-state index is 12.8. The maximum absolute atomic E-state index is 12.8. The third-order valence-electron chi connectivity index (χ3n) is 2.35. The molecule has 0 aromatic carbocycles. The summed E-state index contributed by atoms with van der Waals surface area (Å²) in [6, 6.07) is 2.72. The Morgan fingerprint density at radius 3 is 1.76 bits per heavy atom. The molecule has 17 heavy (non-hydrogen) atoms. The highest BCUT2D eigenvalue weighted by molar-refractivity contribution is 6.59. The van der Waals surface area contributed by atoms with E-state index in [1.165, 1.54) is 0 Å². The Bertz CT molecular complexity index is 238. The van der Waals surface area contributed by atoms with Gasteiger partial charge in [-0.1, -0.05) is 27.7 Å². The molecule has 2 nitrogen and oxygen atoms in total. The molecule has 2 radical (unpaired) electrons. The first-order chi connectivity index (χ1) is 7.88. The molecule has 0 aliphatic heterocycles. The van der Waals surface area contributed by atoms with Crippen molar-refractivity contribution in [3.63, 3.8) is 0 Å². The van der Waals surface area contributed by atoms with Crippen molar-refractivity contribution in [1.82, 2.24) is 0 Å². The average Bonchev–Trinajstić information content (AvgIpc) is 2.28. The van der Waals surface area contributed by atoms with Crippen LogP contribution in [0.3, 0.4) is 0 Å². The van der Waals surface area contributed by atoms with Gasteiger partial charge in [-0.15, -0.1) is 0 Å². The van der Waals surface area contributed by atoms with Gasteiger partial charge in [0.1, 0.15) is 0 Å². The van der Waals surface area contributed by atoms with E-state index in [0.29, 0.717) is 24.2 Å². The molecule has 0 bridgehead atoms. The van der Waals surface area contributed by atoms with E-state index in [2.05, 4.69) is 4.66 Å². The molecule has 0 saturated carbocycles. The molecule has 0 aliphatic carbocycles. The fourth-order valence-corrected chi connectivity index (χ4v) is 3.82. The van der Waals surface area contributed by atoms with E-state index in [-0.39, 0.29) is 0 Å². The fraction of sp³-hybridized carbons (Fsp3) is 0.900. The zero-order chi connectivity index (χ0) is 13.5. The average molecular weight is 283 g/mol. The Hall–Kier alpha value is -0.306. The van der Waals surface area contributed by atoms with Gasteiger partial charge >= 0.3 is 6.18 Å². The molecule has 7 heteroatoms. The Morgan fingerprint density at radius 2 is 1.47 bits per heavy atom. The lowest BCUT2D eigenvalue weighted by Gasteiger charge is -2.19. The number of nitrogens with zero attached hydrogens (tertiary/aromatic N) is 1. The van der Waals surface area contributed by atoms with Gasteiger partial charge in [0.15, 0.2) is 0 Å². The molecule has 0 amide bonds. The summed E-state index contributed by atoms with van der Waals surface area (Å²) < 4.78 is 47.2. The van der Waals surface area contributed by atoms with E-state index in [9.17, 15) is 13.2 Å². The van der Waals surface area contributed by atoms with Gasteiger partial charge < -0.3 is 4.43 Å². The third kappa shape index (κ3) is 6.25. The van der Waals surface area contributed by atoms with E-state index in [4.69, 9.17) is 4.43 Å². The Balaban J connectivity index is 4.88. The Kier molecular flexibility index (Phi) is 7.77. The topological polar surface area (TPSA) is 21.6 Å². The molecule has 0 aromatic heterocycles. The minimum atomic E-state index is -4.44. The molecule has 0 spiro atoms. The van der Waals surface area contributed by atoms with Crippen LogP contribution in [0, 0.1) is 0 Å². The molecule has 0 fully saturated rings. The van der Waals surface area contributed by atoms with E-state index in [0.717, 1.165) is 0 Å². The van der Waals surface area contributed by atoms with Crippen molar-refractivity contribution in [3.05, 3.63) is 0 Å². The first-order valence-electron chi connectivity index (χ1n) is 5.92. The van der Waals surface area contributed by atoms with Gasteiger partial charge in [0.05, 0.1) is 0 Å². The van der Waals surface area contributed by atoms with Crippen LogP contribution >= 0.6 is 0 Å². The second-order valence-electron chi connectivity index (χ2n) is 3.54. The fourth-order valence-electron chi connectivity index (χ4n) is 1.23. The first kappa shape index (κ1) is 16.7. The summed E-state index contributed by atoms with van der Waals surface area (Å²) in [6.45, 7) is 7.47. The predicted octanol–water partition coefficient (Wildman–Crippen LogP) is 4.03. The van der Waals surface area contributed by atoms with Crippen molar-refractivity contribution in [1.29, 1.82) is 0 Å². The van der Waals surface area contributed by atoms with Crippen LogP contribution in [-0.2, 0) is 4.43 Å². The Morgan fingerprint density at radius 1 is 1.00 bits per heavy atom. The minimum absolute atomic E-state index is 0.663. The maximum Gasteiger partial charge on any atom is 0.465 e. The normalized spacial score (nSPS) is 13.6. The van der Waals surface area contributed by atoms with Crippen molar-refractivity contribution in [2.75, 3.05) is 0 Å². The minimum Gasteiger partial charge on any atom is -0.527 e. The second-order valence-corrected chi connectivity index (χ2v) is 9.00. The Labute approximate surface area is 105 Å². The van der Waals surface area contributed by atoms with Crippen LogP contribution in [0.15, 0.2) is 4.66 Å². The highest BCUT2D eigenvalue weighted by atomic mass is 28.3. The zero-order valence-corrected chi connectivity index (χ0v) is 12.8. The van der Waals surface area contributed by atoms with Crippen LogP contribution in [-0.4, -0.2) is 30.1 Å². The van der Waals surface area contributed by atoms with E-state index >= 15 is 0 Å². The molecule has 0 atom stereocenters. The SMILES string of the molecule is CC[Si](CC)N=C(O[Si](CC)CC)C(F)(F)F. The molecular formula is C10H20F3NOSi2. The van der Waals surface area contributed by atoms with Crippen LogP contribution in [0.2, 0.25) is 24.2 Å². The summed E-state index contributed by atoms with van der Waals surface area (Å²) in [5, 5.41) is 0. The number of hydrogen-bond donors (Lipinski definition) is 0. The quantitative estimate of drug-likeness (QED) is 0.410. The number of halogens is 3. The summed E-state index contributed by atoms with van der Waals surface area (Å²) in [6.07, 6.45) is -4.44. The lowest BCUT2D eigenvalue weighted by atomic mass is 10.7. The lowest BCUT2D eigenvalue weighted by Crippen LogP contribution is -2.33. The largest absolute Gasteiger partial charge is 0.527 e. The van der Waals surface area contributed by atoms with Gasteiger partial charge in [-0.3, -0.25) is 4.66 Å². The molecule has 0 heterocycles. The van der Waals surface area contributed by atoms with Crippen LogP contribution in [0.25, 0.3) is 0 Å². The summed E-state index contributed by atoms with van der Waals surface area (Å²) in [5.41, 5.74) is 0. The summed E-state index contributed by atoms with van der Waals surface area (Å²) in [7, 11) is -2.71.